The highest BCUT2D eigenvalue weighted by molar-refractivity contribution is 5.29. The second-order valence-corrected chi connectivity index (χ2v) is 5.69. The maximum atomic E-state index is 10.1. The van der Waals surface area contributed by atoms with Gasteiger partial charge in [0.05, 0.1) is 12.1 Å². The molecule has 2 aromatic rings. The lowest BCUT2D eigenvalue weighted by molar-refractivity contribution is 0.157. The van der Waals surface area contributed by atoms with Crippen LogP contribution in [0.1, 0.15) is 24.0 Å². The maximum Gasteiger partial charge on any atom is 0.0711 e. The topological polar surface area (TPSA) is 32.3 Å². The number of nitrogens with one attached hydrogen (secondary N) is 1. The first-order valence-electron chi connectivity index (χ1n) is 7.30. The summed E-state index contributed by atoms with van der Waals surface area (Å²) in [6.07, 6.45) is 3.23. The molecule has 0 radical (unpaired) electrons. The fourth-order valence-corrected chi connectivity index (χ4v) is 2.75. The quantitative estimate of drug-likeness (QED) is 0.843. The first-order valence-corrected chi connectivity index (χ1v) is 7.30. The summed E-state index contributed by atoms with van der Waals surface area (Å²) < 4.78 is 0. The number of hydrogen-bond acceptors (Lipinski definition) is 2. The van der Waals surface area contributed by atoms with Crippen LogP contribution in [0.4, 0.5) is 0 Å². The van der Waals surface area contributed by atoms with E-state index in [1.807, 2.05) is 24.3 Å². The number of benzene rings is 2. The summed E-state index contributed by atoms with van der Waals surface area (Å²) in [4.78, 5) is 0. The van der Waals surface area contributed by atoms with Gasteiger partial charge in [0.25, 0.3) is 0 Å². The van der Waals surface area contributed by atoms with Gasteiger partial charge in [-0.15, -0.1) is 0 Å². The normalized spacial score (nSPS) is 17.6. The van der Waals surface area contributed by atoms with Gasteiger partial charge in [-0.3, -0.25) is 0 Å². The van der Waals surface area contributed by atoms with Crippen LogP contribution in [0.3, 0.4) is 0 Å². The Labute approximate surface area is 120 Å². The molecule has 0 bridgehead atoms. The van der Waals surface area contributed by atoms with Crippen molar-refractivity contribution in [1.82, 2.24) is 5.32 Å². The van der Waals surface area contributed by atoms with E-state index in [0.717, 1.165) is 6.42 Å². The summed E-state index contributed by atoms with van der Waals surface area (Å²) in [6.45, 7) is 0.113. The Bertz CT molecular complexity index is 536. The molecule has 3 rings (SSSR count). The van der Waals surface area contributed by atoms with E-state index in [-0.39, 0.29) is 12.1 Å². The molecular weight excluding hydrogens is 246 g/mol. The van der Waals surface area contributed by atoms with Gasteiger partial charge in [-0.1, -0.05) is 60.7 Å². The van der Waals surface area contributed by atoms with Crippen molar-refractivity contribution in [3.05, 3.63) is 71.8 Å². The highest BCUT2D eigenvalue weighted by Gasteiger charge is 2.37. The fourth-order valence-electron chi connectivity index (χ4n) is 2.75. The van der Waals surface area contributed by atoms with E-state index < -0.39 is 0 Å². The molecule has 2 aromatic carbocycles. The molecule has 0 amide bonds. The lowest BCUT2D eigenvalue weighted by Crippen LogP contribution is -2.48. The van der Waals surface area contributed by atoms with E-state index in [4.69, 9.17) is 0 Å². The van der Waals surface area contributed by atoms with Crippen LogP contribution in [0.25, 0.3) is 0 Å². The Kier molecular flexibility index (Phi) is 3.86. The third kappa shape index (κ3) is 2.92. The monoisotopic (exact) mass is 267 g/mol. The number of aliphatic hydroxyl groups is 1. The predicted molar refractivity (Wildman–Crippen MR) is 81.5 cm³/mol. The SMILES string of the molecule is OCC(Cc1ccccc1)(NC1CC1)c1ccccc1. The average Bonchev–Trinajstić information content (AvgIpc) is 3.32. The third-order valence-corrected chi connectivity index (χ3v) is 4.00. The van der Waals surface area contributed by atoms with Crippen molar-refractivity contribution >= 4 is 0 Å². The zero-order valence-corrected chi connectivity index (χ0v) is 11.6. The van der Waals surface area contributed by atoms with Crippen LogP contribution in [0.5, 0.6) is 0 Å². The molecule has 1 atom stereocenters. The minimum atomic E-state index is -0.371. The zero-order chi connectivity index (χ0) is 13.8. The minimum absolute atomic E-state index is 0.113. The highest BCUT2D eigenvalue weighted by Crippen LogP contribution is 2.31. The minimum Gasteiger partial charge on any atom is -0.394 e. The van der Waals surface area contributed by atoms with Crippen molar-refractivity contribution in [3.63, 3.8) is 0 Å². The van der Waals surface area contributed by atoms with Crippen molar-refractivity contribution in [1.29, 1.82) is 0 Å². The molecule has 20 heavy (non-hydrogen) atoms. The standard InChI is InChI=1S/C18H21NO/c20-14-18(19-17-11-12-17,16-9-5-2-6-10-16)13-15-7-3-1-4-8-15/h1-10,17,19-20H,11-14H2. The Morgan fingerprint density at radius 2 is 1.55 bits per heavy atom. The van der Waals surface area contributed by atoms with Gasteiger partial charge < -0.3 is 10.4 Å². The summed E-state index contributed by atoms with van der Waals surface area (Å²) in [5.74, 6) is 0. The van der Waals surface area contributed by atoms with Crippen LogP contribution < -0.4 is 5.32 Å². The van der Waals surface area contributed by atoms with E-state index in [9.17, 15) is 5.11 Å². The predicted octanol–water partition coefficient (Wildman–Crippen LogP) is 2.87. The van der Waals surface area contributed by atoms with Crippen molar-refractivity contribution in [2.24, 2.45) is 0 Å². The number of aliphatic hydroxyl groups excluding tert-OH is 1. The molecule has 1 aliphatic carbocycles. The molecule has 0 aromatic heterocycles. The molecule has 2 N–H and O–H groups in total. The van der Waals surface area contributed by atoms with Crippen LogP contribution >= 0.6 is 0 Å². The van der Waals surface area contributed by atoms with Crippen LogP contribution in [0.15, 0.2) is 60.7 Å². The molecule has 1 aliphatic rings. The molecule has 1 fully saturated rings. The van der Waals surface area contributed by atoms with Gasteiger partial charge in [-0.25, -0.2) is 0 Å². The summed E-state index contributed by atoms with van der Waals surface area (Å²) >= 11 is 0. The molecule has 0 heterocycles. The van der Waals surface area contributed by atoms with Gasteiger partial charge in [0.1, 0.15) is 0 Å². The Hall–Kier alpha value is -1.64. The van der Waals surface area contributed by atoms with E-state index in [1.165, 1.54) is 24.0 Å². The van der Waals surface area contributed by atoms with Gasteiger partial charge >= 0.3 is 0 Å². The van der Waals surface area contributed by atoms with Crippen molar-refractivity contribution in [3.8, 4) is 0 Å². The largest absolute Gasteiger partial charge is 0.394 e. The van der Waals surface area contributed by atoms with Crippen LogP contribution in [0, 0.1) is 0 Å². The second kappa shape index (κ2) is 5.78. The summed E-state index contributed by atoms with van der Waals surface area (Å²) in [7, 11) is 0. The Balaban J connectivity index is 1.93. The van der Waals surface area contributed by atoms with Crippen LogP contribution in [-0.2, 0) is 12.0 Å². The lowest BCUT2D eigenvalue weighted by Gasteiger charge is -2.34. The first kappa shape index (κ1) is 13.3. The summed E-state index contributed by atoms with van der Waals surface area (Å²) in [5.41, 5.74) is 2.04. The van der Waals surface area contributed by atoms with Crippen molar-refractivity contribution in [2.45, 2.75) is 30.8 Å². The lowest BCUT2D eigenvalue weighted by atomic mass is 9.84. The molecule has 2 nitrogen and oxygen atoms in total. The smallest absolute Gasteiger partial charge is 0.0711 e. The summed E-state index contributed by atoms with van der Waals surface area (Å²) in [6, 6.07) is 21.3. The maximum absolute atomic E-state index is 10.1. The van der Waals surface area contributed by atoms with E-state index in [1.54, 1.807) is 0 Å². The van der Waals surface area contributed by atoms with Gasteiger partial charge in [-0.05, 0) is 30.4 Å². The third-order valence-electron chi connectivity index (χ3n) is 4.00. The van der Waals surface area contributed by atoms with Gasteiger partial charge in [0.15, 0.2) is 0 Å². The van der Waals surface area contributed by atoms with Crippen LogP contribution in [-0.4, -0.2) is 17.8 Å². The second-order valence-electron chi connectivity index (χ2n) is 5.69. The van der Waals surface area contributed by atoms with Crippen molar-refractivity contribution < 1.29 is 5.11 Å². The number of hydrogen-bond donors (Lipinski definition) is 2. The zero-order valence-electron chi connectivity index (χ0n) is 11.6. The molecule has 1 saturated carbocycles. The van der Waals surface area contributed by atoms with Gasteiger partial charge in [0, 0.05) is 6.04 Å². The van der Waals surface area contributed by atoms with Crippen LogP contribution in [0.2, 0.25) is 0 Å². The molecule has 0 aliphatic heterocycles. The molecular formula is C18H21NO. The van der Waals surface area contributed by atoms with Gasteiger partial charge in [-0.2, -0.15) is 0 Å². The Morgan fingerprint density at radius 3 is 2.10 bits per heavy atom. The molecule has 104 valence electrons. The van der Waals surface area contributed by atoms with E-state index >= 15 is 0 Å². The van der Waals surface area contributed by atoms with E-state index in [0.29, 0.717) is 6.04 Å². The van der Waals surface area contributed by atoms with Gasteiger partial charge in [0.2, 0.25) is 0 Å². The fraction of sp³-hybridized carbons (Fsp3) is 0.333. The molecule has 0 spiro atoms. The van der Waals surface area contributed by atoms with Crippen molar-refractivity contribution in [2.75, 3.05) is 6.61 Å². The molecule has 2 heteroatoms. The van der Waals surface area contributed by atoms with E-state index in [2.05, 4.69) is 41.7 Å². The highest BCUT2D eigenvalue weighted by atomic mass is 16.3. The first-order chi connectivity index (χ1) is 9.82. The number of rotatable bonds is 6. The summed E-state index contributed by atoms with van der Waals surface area (Å²) in [5, 5.41) is 13.8. The average molecular weight is 267 g/mol. The molecule has 0 saturated heterocycles. The molecule has 1 unspecified atom stereocenters. The Morgan fingerprint density at radius 1 is 0.950 bits per heavy atom.